The number of fused-ring (bicyclic) bond motifs is 3. The molecule has 0 bridgehead atoms. The van der Waals surface area contributed by atoms with Crippen molar-refractivity contribution in [1.29, 1.82) is 0 Å². The summed E-state index contributed by atoms with van der Waals surface area (Å²) < 4.78 is 27.6. The third-order valence-corrected chi connectivity index (χ3v) is 6.63. The Bertz CT molecular complexity index is 887. The van der Waals surface area contributed by atoms with Gasteiger partial charge < -0.3 is 0 Å². The molecule has 0 unspecified atom stereocenters. The molecule has 1 aliphatic heterocycles. The number of benzene rings is 2. The van der Waals surface area contributed by atoms with Gasteiger partial charge in [-0.1, -0.05) is 35.9 Å². The second-order valence-corrected chi connectivity index (χ2v) is 8.18. The first kappa shape index (κ1) is 14.5. The molecule has 1 heterocycles. The highest BCUT2D eigenvalue weighted by Gasteiger charge is 2.48. The number of aryl methyl sites for hydroxylation is 1. The van der Waals surface area contributed by atoms with Gasteiger partial charge in [-0.05, 0) is 36.6 Å². The predicted molar refractivity (Wildman–Crippen MR) is 88.0 cm³/mol. The van der Waals surface area contributed by atoms with Crippen molar-refractivity contribution in [2.45, 2.75) is 24.2 Å². The molecule has 5 heteroatoms. The van der Waals surface area contributed by atoms with Gasteiger partial charge in [-0.15, -0.1) is 0 Å². The van der Waals surface area contributed by atoms with Gasteiger partial charge >= 0.3 is 0 Å². The molecule has 2 aromatic carbocycles. The van der Waals surface area contributed by atoms with Crippen molar-refractivity contribution < 1.29 is 13.2 Å². The Morgan fingerprint density at radius 1 is 1.04 bits per heavy atom. The van der Waals surface area contributed by atoms with Gasteiger partial charge in [0.05, 0.1) is 10.6 Å². The highest BCUT2D eigenvalue weighted by Crippen LogP contribution is 2.48. The number of ketones is 1. The van der Waals surface area contributed by atoms with Gasteiger partial charge in [0.1, 0.15) is 5.78 Å². The third kappa shape index (κ3) is 2.10. The maximum absolute atomic E-state index is 13.1. The van der Waals surface area contributed by atoms with Crippen LogP contribution in [0.25, 0.3) is 0 Å². The van der Waals surface area contributed by atoms with Crippen molar-refractivity contribution in [3.05, 3.63) is 59.7 Å². The van der Waals surface area contributed by atoms with Crippen LogP contribution in [0.2, 0.25) is 0 Å². The lowest BCUT2D eigenvalue weighted by molar-refractivity contribution is -0.129. The predicted octanol–water partition coefficient (Wildman–Crippen LogP) is 2.88. The molecule has 4 rings (SSSR count). The van der Waals surface area contributed by atoms with E-state index >= 15 is 0 Å². The molecule has 4 nitrogen and oxygen atoms in total. The van der Waals surface area contributed by atoms with E-state index < -0.39 is 10.0 Å². The minimum Gasteiger partial charge on any atom is -0.299 e. The molecule has 0 spiro atoms. The minimum absolute atomic E-state index is 0.0950. The zero-order valence-corrected chi connectivity index (χ0v) is 13.6. The Balaban J connectivity index is 1.83. The van der Waals surface area contributed by atoms with E-state index in [1.165, 1.54) is 4.31 Å². The number of carbonyl (C=O) groups excluding carboxylic acids is 1. The average Bonchev–Trinajstić information content (AvgIpc) is 2.52. The Labute approximate surface area is 135 Å². The first-order valence-electron chi connectivity index (χ1n) is 7.69. The summed E-state index contributed by atoms with van der Waals surface area (Å²) in [6, 6.07) is 14.3. The zero-order chi connectivity index (χ0) is 16.2. The maximum Gasteiger partial charge on any atom is 0.264 e. The van der Waals surface area contributed by atoms with Crippen molar-refractivity contribution in [2.24, 2.45) is 5.92 Å². The van der Waals surface area contributed by atoms with E-state index in [0.717, 1.165) is 11.1 Å². The van der Waals surface area contributed by atoms with Gasteiger partial charge in [0.15, 0.2) is 0 Å². The van der Waals surface area contributed by atoms with Crippen molar-refractivity contribution in [2.75, 3.05) is 10.8 Å². The Kier molecular flexibility index (Phi) is 3.10. The van der Waals surface area contributed by atoms with Gasteiger partial charge in [0, 0.05) is 18.9 Å². The summed E-state index contributed by atoms with van der Waals surface area (Å²) in [5.41, 5.74) is 2.51. The van der Waals surface area contributed by atoms with Gasteiger partial charge in [-0.2, -0.15) is 0 Å². The monoisotopic (exact) mass is 327 g/mol. The van der Waals surface area contributed by atoms with Crippen molar-refractivity contribution >= 4 is 21.5 Å². The van der Waals surface area contributed by atoms with Crippen LogP contribution in [0.1, 0.15) is 23.5 Å². The van der Waals surface area contributed by atoms with E-state index in [1.807, 2.05) is 25.1 Å². The van der Waals surface area contributed by atoms with Crippen molar-refractivity contribution in [3.8, 4) is 0 Å². The average molecular weight is 327 g/mol. The zero-order valence-electron chi connectivity index (χ0n) is 12.8. The summed E-state index contributed by atoms with van der Waals surface area (Å²) in [6.07, 6.45) is 0.471. The lowest BCUT2D eigenvalue weighted by Gasteiger charge is -2.45. The Morgan fingerprint density at radius 3 is 2.43 bits per heavy atom. The van der Waals surface area contributed by atoms with Crippen molar-refractivity contribution in [1.82, 2.24) is 0 Å². The summed E-state index contributed by atoms with van der Waals surface area (Å²) in [7, 11) is -3.61. The Hall–Kier alpha value is -2.14. The lowest BCUT2D eigenvalue weighted by Crippen LogP contribution is -2.49. The SMILES string of the molecule is Cc1ccc(S(=O)(=O)N2C[C@H]3CC(=O)[C@H]3c3ccccc32)cc1. The normalized spacial score (nSPS) is 23.0. The molecule has 0 aromatic heterocycles. The van der Waals surface area contributed by atoms with E-state index in [9.17, 15) is 13.2 Å². The lowest BCUT2D eigenvalue weighted by atomic mass is 9.66. The fourth-order valence-corrected chi connectivity index (χ4v) is 5.10. The number of Topliss-reactive ketones (excluding diaryl/α,β-unsaturated/α-hetero) is 1. The largest absolute Gasteiger partial charge is 0.299 e. The molecule has 0 N–H and O–H groups in total. The molecule has 118 valence electrons. The molecule has 2 aromatic rings. The topological polar surface area (TPSA) is 54.5 Å². The van der Waals surface area contributed by atoms with Crippen LogP contribution < -0.4 is 4.31 Å². The molecule has 23 heavy (non-hydrogen) atoms. The summed E-state index contributed by atoms with van der Waals surface area (Å²) >= 11 is 0. The number of hydrogen-bond donors (Lipinski definition) is 0. The molecule has 2 atom stereocenters. The molecule has 0 radical (unpaired) electrons. The van der Waals surface area contributed by atoms with Crippen LogP contribution in [0.3, 0.4) is 0 Å². The first-order valence-corrected chi connectivity index (χ1v) is 9.13. The van der Waals surface area contributed by atoms with Gasteiger partial charge in [0.25, 0.3) is 10.0 Å². The molecular weight excluding hydrogens is 310 g/mol. The first-order chi connectivity index (χ1) is 11.0. The second kappa shape index (κ2) is 4.93. The summed E-state index contributed by atoms with van der Waals surface area (Å²) in [5, 5.41) is 0. The number of anilines is 1. The van der Waals surface area contributed by atoms with E-state index in [0.29, 0.717) is 23.5 Å². The number of nitrogens with zero attached hydrogens (tertiary/aromatic N) is 1. The number of para-hydroxylation sites is 1. The highest BCUT2D eigenvalue weighted by molar-refractivity contribution is 7.92. The van der Waals surface area contributed by atoms with E-state index in [1.54, 1.807) is 30.3 Å². The molecule has 1 aliphatic carbocycles. The number of sulfonamides is 1. The number of carbonyl (C=O) groups is 1. The number of rotatable bonds is 2. The molecule has 0 saturated heterocycles. The van der Waals surface area contributed by atoms with Crippen LogP contribution >= 0.6 is 0 Å². The quantitative estimate of drug-likeness (QED) is 0.852. The fraction of sp³-hybridized carbons (Fsp3) is 0.278. The van der Waals surface area contributed by atoms with Crippen LogP contribution in [-0.4, -0.2) is 20.7 Å². The van der Waals surface area contributed by atoms with Gasteiger partial charge in [-0.25, -0.2) is 8.42 Å². The van der Waals surface area contributed by atoms with Crippen molar-refractivity contribution in [3.63, 3.8) is 0 Å². The van der Waals surface area contributed by atoms with Crippen LogP contribution in [0.5, 0.6) is 0 Å². The molecule has 1 saturated carbocycles. The third-order valence-electron chi connectivity index (χ3n) is 4.83. The van der Waals surface area contributed by atoms with Crippen LogP contribution in [0.4, 0.5) is 5.69 Å². The van der Waals surface area contributed by atoms with Crippen LogP contribution in [0, 0.1) is 12.8 Å². The minimum atomic E-state index is -3.61. The number of hydrogen-bond acceptors (Lipinski definition) is 3. The standard InChI is InChI=1S/C18H17NO3S/c1-12-6-8-14(9-7-12)23(21,22)19-11-13-10-17(20)18(13)15-4-2-3-5-16(15)19/h2-9,13,18H,10-11H2,1H3/t13-,18-/m1/s1. The summed E-state index contributed by atoms with van der Waals surface area (Å²) in [6.45, 7) is 2.31. The van der Waals surface area contributed by atoms with Gasteiger partial charge in [0.2, 0.25) is 0 Å². The maximum atomic E-state index is 13.1. The van der Waals surface area contributed by atoms with E-state index in [-0.39, 0.29) is 17.6 Å². The summed E-state index contributed by atoms with van der Waals surface area (Å²) in [5.74, 6) is 0.183. The summed E-state index contributed by atoms with van der Waals surface area (Å²) in [4.78, 5) is 12.2. The second-order valence-electron chi connectivity index (χ2n) is 6.32. The van der Waals surface area contributed by atoms with Gasteiger partial charge in [-0.3, -0.25) is 9.10 Å². The van der Waals surface area contributed by atoms with E-state index in [4.69, 9.17) is 0 Å². The molecule has 1 fully saturated rings. The van der Waals surface area contributed by atoms with E-state index in [2.05, 4.69) is 0 Å². The molecular formula is C18H17NO3S. The van der Waals surface area contributed by atoms with Crippen LogP contribution in [0.15, 0.2) is 53.4 Å². The molecule has 2 aliphatic rings. The fourth-order valence-electron chi connectivity index (χ4n) is 3.56. The highest BCUT2D eigenvalue weighted by atomic mass is 32.2. The smallest absolute Gasteiger partial charge is 0.264 e. The Morgan fingerprint density at radius 2 is 1.74 bits per heavy atom. The molecule has 0 amide bonds. The van der Waals surface area contributed by atoms with Crippen LogP contribution in [-0.2, 0) is 14.8 Å².